The lowest BCUT2D eigenvalue weighted by atomic mass is 10.2. The van der Waals surface area contributed by atoms with E-state index < -0.39 is 15.9 Å². The number of alkyl halides is 3. The zero-order valence-electron chi connectivity index (χ0n) is 7.75. The Bertz CT molecular complexity index is 374. The van der Waals surface area contributed by atoms with E-state index in [1.54, 1.807) is 0 Å². The molecule has 0 aliphatic rings. The maximum absolute atomic E-state index is 11.5. The van der Waals surface area contributed by atoms with Crippen LogP contribution in [0, 0.1) is 0 Å². The van der Waals surface area contributed by atoms with Crippen molar-refractivity contribution in [2.24, 2.45) is 0 Å². The third-order valence-electron chi connectivity index (χ3n) is 1.68. The molecule has 0 bridgehead atoms. The molecule has 0 saturated heterocycles. The summed E-state index contributed by atoms with van der Waals surface area (Å²) in [5.74, 6) is -0.560. The molecule has 0 saturated carbocycles. The van der Waals surface area contributed by atoms with Crippen molar-refractivity contribution in [3.05, 3.63) is 34.9 Å². The van der Waals surface area contributed by atoms with Gasteiger partial charge in [0.25, 0.3) is 5.91 Å². The lowest BCUT2D eigenvalue weighted by Gasteiger charge is -2.19. The van der Waals surface area contributed by atoms with Gasteiger partial charge >= 0.3 is 0 Å². The molecule has 1 atom stereocenters. The van der Waals surface area contributed by atoms with Crippen LogP contribution in [0.15, 0.2) is 24.3 Å². The van der Waals surface area contributed by atoms with Crippen molar-refractivity contribution < 1.29 is 9.90 Å². The van der Waals surface area contributed by atoms with Gasteiger partial charge in [0, 0.05) is 10.6 Å². The van der Waals surface area contributed by atoms with Crippen molar-refractivity contribution in [1.29, 1.82) is 0 Å². The normalized spacial score (nSPS) is 13.3. The molecule has 0 fully saturated rings. The average molecular weight is 303 g/mol. The summed E-state index contributed by atoms with van der Waals surface area (Å²) in [4.78, 5) is 11.5. The summed E-state index contributed by atoms with van der Waals surface area (Å²) in [6.07, 6.45) is -1.58. The van der Waals surface area contributed by atoms with Crippen molar-refractivity contribution in [3.8, 4) is 0 Å². The van der Waals surface area contributed by atoms with Crippen molar-refractivity contribution in [1.82, 2.24) is 5.32 Å². The SMILES string of the molecule is O=C(N[C@@H](O)C(Cl)(Cl)Cl)c1ccc(Cl)cc1. The van der Waals surface area contributed by atoms with Gasteiger partial charge in [0.05, 0.1) is 0 Å². The highest BCUT2D eigenvalue weighted by Crippen LogP contribution is 2.29. The molecule has 1 amide bonds. The number of aliphatic hydroxyl groups excluding tert-OH is 1. The van der Waals surface area contributed by atoms with E-state index in [0.29, 0.717) is 10.6 Å². The third kappa shape index (κ3) is 4.00. The second-order valence-corrected chi connectivity index (χ2v) is 5.73. The van der Waals surface area contributed by atoms with Crippen LogP contribution in [0.25, 0.3) is 0 Å². The highest BCUT2D eigenvalue weighted by molar-refractivity contribution is 6.68. The molecule has 0 spiro atoms. The van der Waals surface area contributed by atoms with Gasteiger partial charge in [-0.1, -0.05) is 46.4 Å². The lowest BCUT2D eigenvalue weighted by molar-refractivity contribution is 0.0792. The zero-order chi connectivity index (χ0) is 12.3. The first-order valence-electron chi connectivity index (χ1n) is 4.12. The van der Waals surface area contributed by atoms with Crippen molar-refractivity contribution >= 4 is 52.3 Å². The van der Waals surface area contributed by atoms with E-state index in [0.717, 1.165) is 0 Å². The first-order valence-corrected chi connectivity index (χ1v) is 5.63. The van der Waals surface area contributed by atoms with Gasteiger partial charge in [0.15, 0.2) is 6.23 Å². The molecule has 16 heavy (non-hydrogen) atoms. The summed E-state index contributed by atoms with van der Waals surface area (Å²) in [7, 11) is 0. The predicted octanol–water partition coefficient (Wildman–Crippen LogP) is 2.76. The standard InChI is InChI=1S/C9H7Cl4NO2/c10-6-3-1-5(2-4-6)7(15)14-8(16)9(11,12)13/h1-4,8,16H,(H,14,15)/t8-/m0/s1. The number of hydrogen-bond donors (Lipinski definition) is 2. The summed E-state index contributed by atoms with van der Waals surface area (Å²) in [5, 5.41) is 12.0. The van der Waals surface area contributed by atoms with E-state index in [1.165, 1.54) is 24.3 Å². The summed E-state index contributed by atoms with van der Waals surface area (Å²) in [6.45, 7) is 0. The Labute approximate surface area is 112 Å². The van der Waals surface area contributed by atoms with Crippen LogP contribution in [-0.2, 0) is 0 Å². The highest BCUT2D eigenvalue weighted by atomic mass is 35.6. The van der Waals surface area contributed by atoms with E-state index in [1.807, 2.05) is 0 Å². The van der Waals surface area contributed by atoms with Crippen LogP contribution in [0.4, 0.5) is 0 Å². The molecule has 0 radical (unpaired) electrons. The molecule has 88 valence electrons. The van der Waals surface area contributed by atoms with Crippen LogP contribution < -0.4 is 5.32 Å². The summed E-state index contributed by atoms with van der Waals surface area (Å²) in [6, 6.07) is 6.06. The Morgan fingerprint density at radius 2 is 1.75 bits per heavy atom. The van der Waals surface area contributed by atoms with Crippen LogP contribution in [0.2, 0.25) is 5.02 Å². The molecule has 0 heterocycles. The Morgan fingerprint density at radius 1 is 1.25 bits per heavy atom. The predicted molar refractivity (Wildman–Crippen MR) is 65.2 cm³/mol. The van der Waals surface area contributed by atoms with E-state index in [2.05, 4.69) is 5.32 Å². The minimum Gasteiger partial charge on any atom is -0.369 e. The molecule has 3 nitrogen and oxygen atoms in total. The summed E-state index contributed by atoms with van der Waals surface area (Å²) < 4.78 is -1.97. The Balaban J connectivity index is 2.70. The summed E-state index contributed by atoms with van der Waals surface area (Å²) >= 11 is 21.8. The molecule has 7 heteroatoms. The Kier molecular flexibility index (Phi) is 4.71. The maximum Gasteiger partial charge on any atom is 0.253 e. The monoisotopic (exact) mass is 301 g/mol. The fourth-order valence-electron chi connectivity index (χ4n) is 0.891. The smallest absolute Gasteiger partial charge is 0.253 e. The number of amides is 1. The minimum atomic E-state index is -1.97. The second-order valence-electron chi connectivity index (χ2n) is 2.92. The Morgan fingerprint density at radius 3 is 2.19 bits per heavy atom. The topological polar surface area (TPSA) is 49.3 Å². The number of hydrogen-bond acceptors (Lipinski definition) is 2. The number of rotatable bonds is 2. The minimum absolute atomic E-state index is 0.303. The first kappa shape index (κ1) is 13.9. The zero-order valence-corrected chi connectivity index (χ0v) is 10.8. The van der Waals surface area contributed by atoms with E-state index in [9.17, 15) is 9.90 Å². The third-order valence-corrected chi connectivity index (χ3v) is 2.56. The van der Waals surface area contributed by atoms with E-state index in [-0.39, 0.29) is 0 Å². The molecule has 1 aromatic carbocycles. The molecular formula is C9H7Cl4NO2. The van der Waals surface area contributed by atoms with E-state index >= 15 is 0 Å². The van der Waals surface area contributed by atoms with Crippen LogP contribution in [0.3, 0.4) is 0 Å². The van der Waals surface area contributed by atoms with Crippen LogP contribution >= 0.6 is 46.4 Å². The van der Waals surface area contributed by atoms with Gasteiger partial charge in [0.1, 0.15) is 0 Å². The number of benzene rings is 1. The lowest BCUT2D eigenvalue weighted by Crippen LogP contribution is -2.43. The quantitative estimate of drug-likeness (QED) is 0.652. The number of aliphatic hydroxyl groups is 1. The highest BCUT2D eigenvalue weighted by Gasteiger charge is 2.32. The fourth-order valence-corrected chi connectivity index (χ4v) is 1.18. The van der Waals surface area contributed by atoms with E-state index in [4.69, 9.17) is 46.4 Å². The first-order chi connectivity index (χ1) is 7.30. The van der Waals surface area contributed by atoms with Crippen molar-refractivity contribution in [3.63, 3.8) is 0 Å². The van der Waals surface area contributed by atoms with Crippen LogP contribution in [0.5, 0.6) is 0 Å². The average Bonchev–Trinajstić information content (AvgIpc) is 2.17. The largest absolute Gasteiger partial charge is 0.369 e. The van der Waals surface area contributed by atoms with Crippen molar-refractivity contribution in [2.75, 3.05) is 0 Å². The molecular weight excluding hydrogens is 296 g/mol. The van der Waals surface area contributed by atoms with Gasteiger partial charge in [-0.2, -0.15) is 0 Å². The molecule has 1 rings (SSSR count). The molecule has 0 aliphatic heterocycles. The second kappa shape index (κ2) is 5.43. The number of nitrogens with one attached hydrogen (secondary N) is 1. The maximum atomic E-state index is 11.5. The van der Waals surface area contributed by atoms with Gasteiger partial charge in [-0.05, 0) is 24.3 Å². The Hall–Kier alpha value is -0.190. The van der Waals surface area contributed by atoms with Crippen molar-refractivity contribution in [2.45, 2.75) is 10.0 Å². The fraction of sp³-hybridized carbons (Fsp3) is 0.222. The van der Waals surface area contributed by atoms with Crippen LogP contribution in [0.1, 0.15) is 10.4 Å². The molecule has 0 aromatic heterocycles. The van der Waals surface area contributed by atoms with Gasteiger partial charge in [-0.15, -0.1) is 0 Å². The number of carbonyl (C=O) groups excluding carboxylic acids is 1. The van der Waals surface area contributed by atoms with Gasteiger partial charge in [-0.3, -0.25) is 4.79 Å². The van der Waals surface area contributed by atoms with Crippen LogP contribution in [-0.4, -0.2) is 21.0 Å². The summed E-state index contributed by atoms with van der Waals surface area (Å²) in [5.41, 5.74) is 0.303. The van der Waals surface area contributed by atoms with Gasteiger partial charge in [0.2, 0.25) is 3.79 Å². The number of carbonyl (C=O) groups is 1. The molecule has 2 N–H and O–H groups in total. The molecule has 1 aromatic rings. The molecule has 0 aliphatic carbocycles. The van der Waals surface area contributed by atoms with Gasteiger partial charge < -0.3 is 10.4 Å². The number of halogens is 4. The molecule has 0 unspecified atom stereocenters. The van der Waals surface area contributed by atoms with Gasteiger partial charge in [-0.25, -0.2) is 0 Å².